The molecule has 5 nitrogen and oxygen atoms in total. The first-order chi connectivity index (χ1) is 13.6. The summed E-state index contributed by atoms with van der Waals surface area (Å²) in [7, 11) is 0. The van der Waals surface area contributed by atoms with E-state index >= 15 is 0 Å². The molecule has 0 unspecified atom stereocenters. The summed E-state index contributed by atoms with van der Waals surface area (Å²) in [5.41, 5.74) is 3.11. The van der Waals surface area contributed by atoms with Crippen LogP contribution in [0.3, 0.4) is 0 Å². The van der Waals surface area contributed by atoms with Gasteiger partial charge in [-0.25, -0.2) is 0 Å². The van der Waals surface area contributed by atoms with E-state index in [0.717, 1.165) is 27.8 Å². The summed E-state index contributed by atoms with van der Waals surface area (Å²) in [5.74, 6) is 0.743. The zero-order valence-electron chi connectivity index (χ0n) is 16.0. The SMILES string of the molecule is Cc1ccc2c(N=O)c(O)n(CCCOc3ccc4ccccc4c3)c2c1C. The van der Waals surface area contributed by atoms with Gasteiger partial charge in [-0.3, -0.25) is 0 Å². The normalized spacial score (nSPS) is 11.2. The molecule has 0 aliphatic rings. The number of hydrogen-bond acceptors (Lipinski definition) is 4. The van der Waals surface area contributed by atoms with Crippen LogP contribution in [0.4, 0.5) is 5.69 Å². The molecule has 0 aliphatic carbocycles. The van der Waals surface area contributed by atoms with E-state index in [1.807, 2.05) is 56.3 Å². The van der Waals surface area contributed by atoms with Crippen LogP contribution in [0.15, 0.2) is 59.8 Å². The van der Waals surface area contributed by atoms with Gasteiger partial charge < -0.3 is 14.4 Å². The minimum absolute atomic E-state index is 0.0793. The average Bonchev–Trinajstić information content (AvgIpc) is 2.99. The first kappa shape index (κ1) is 18.0. The Morgan fingerprint density at radius 1 is 1.04 bits per heavy atom. The van der Waals surface area contributed by atoms with Crippen molar-refractivity contribution >= 4 is 27.4 Å². The molecule has 3 aromatic carbocycles. The Morgan fingerprint density at radius 3 is 2.61 bits per heavy atom. The largest absolute Gasteiger partial charge is 0.494 e. The van der Waals surface area contributed by atoms with E-state index in [4.69, 9.17) is 4.74 Å². The van der Waals surface area contributed by atoms with Crippen molar-refractivity contribution in [2.24, 2.45) is 5.18 Å². The summed E-state index contributed by atoms with van der Waals surface area (Å²) in [6, 6.07) is 18.0. The standard InChI is InChI=1S/C23H22N2O3/c1-15-8-11-20-21(24-27)23(26)25(22(20)16(15)2)12-5-13-28-19-10-9-17-6-3-4-7-18(17)14-19/h3-4,6-11,14,26H,5,12-13H2,1-2H3. The summed E-state index contributed by atoms with van der Waals surface area (Å²) in [6.45, 7) is 5.05. The van der Waals surface area contributed by atoms with Gasteiger partial charge in [0.05, 0.1) is 12.1 Å². The number of nitroso groups, excluding NO2 is 1. The fourth-order valence-corrected chi connectivity index (χ4v) is 3.67. The van der Waals surface area contributed by atoms with Gasteiger partial charge in [-0.05, 0) is 59.5 Å². The van der Waals surface area contributed by atoms with Crippen LogP contribution < -0.4 is 4.74 Å². The summed E-state index contributed by atoms with van der Waals surface area (Å²) < 4.78 is 7.66. The van der Waals surface area contributed by atoms with E-state index in [-0.39, 0.29) is 11.6 Å². The molecule has 142 valence electrons. The van der Waals surface area contributed by atoms with Crippen LogP contribution in [0, 0.1) is 18.8 Å². The predicted molar refractivity (Wildman–Crippen MR) is 113 cm³/mol. The third kappa shape index (κ3) is 3.09. The minimum Gasteiger partial charge on any atom is -0.494 e. The third-order valence-electron chi connectivity index (χ3n) is 5.30. The molecule has 0 spiro atoms. The van der Waals surface area contributed by atoms with Crippen LogP contribution >= 0.6 is 0 Å². The number of benzene rings is 3. The van der Waals surface area contributed by atoms with Crippen molar-refractivity contribution in [2.75, 3.05) is 6.61 Å². The van der Waals surface area contributed by atoms with Crippen LogP contribution in [0.1, 0.15) is 17.5 Å². The first-order valence-electron chi connectivity index (χ1n) is 9.36. The molecule has 4 rings (SSSR count). The van der Waals surface area contributed by atoms with Crippen LogP contribution in [0.2, 0.25) is 0 Å². The molecule has 0 saturated carbocycles. The van der Waals surface area contributed by atoms with Crippen molar-refractivity contribution in [3.05, 3.63) is 70.6 Å². The lowest BCUT2D eigenvalue weighted by Gasteiger charge is -2.11. The topological polar surface area (TPSA) is 63.8 Å². The van der Waals surface area contributed by atoms with E-state index < -0.39 is 0 Å². The highest BCUT2D eigenvalue weighted by Gasteiger charge is 2.19. The zero-order chi connectivity index (χ0) is 19.7. The van der Waals surface area contributed by atoms with E-state index in [1.54, 1.807) is 4.57 Å². The lowest BCUT2D eigenvalue weighted by Crippen LogP contribution is -2.05. The van der Waals surface area contributed by atoms with Crippen molar-refractivity contribution in [2.45, 2.75) is 26.8 Å². The van der Waals surface area contributed by atoms with Crippen molar-refractivity contribution in [3.8, 4) is 11.6 Å². The minimum atomic E-state index is -0.0793. The molecule has 0 aliphatic heterocycles. The van der Waals surface area contributed by atoms with Gasteiger partial charge in [-0.15, -0.1) is 4.91 Å². The smallest absolute Gasteiger partial charge is 0.222 e. The molecule has 28 heavy (non-hydrogen) atoms. The molecule has 1 heterocycles. The molecule has 0 saturated heterocycles. The zero-order valence-corrected chi connectivity index (χ0v) is 16.0. The van der Waals surface area contributed by atoms with Gasteiger partial charge in [0, 0.05) is 11.9 Å². The number of ether oxygens (including phenoxy) is 1. The quantitative estimate of drug-likeness (QED) is 0.333. The molecule has 1 aromatic heterocycles. The van der Waals surface area contributed by atoms with Crippen LogP contribution in [0.25, 0.3) is 21.7 Å². The summed E-state index contributed by atoms with van der Waals surface area (Å²) in [6.07, 6.45) is 0.690. The van der Waals surface area contributed by atoms with Gasteiger partial charge in [0.15, 0.2) is 5.69 Å². The fourth-order valence-electron chi connectivity index (χ4n) is 3.67. The van der Waals surface area contributed by atoms with E-state index in [0.29, 0.717) is 25.0 Å². The highest BCUT2D eigenvalue weighted by molar-refractivity contribution is 5.97. The molecule has 0 bridgehead atoms. The molecule has 0 radical (unpaired) electrons. The maximum atomic E-state index is 11.2. The second-order valence-electron chi connectivity index (χ2n) is 7.03. The molecule has 1 N–H and O–H groups in total. The highest BCUT2D eigenvalue weighted by Crippen LogP contribution is 2.40. The molecule has 0 fully saturated rings. The monoisotopic (exact) mass is 374 g/mol. The lowest BCUT2D eigenvalue weighted by molar-refractivity contribution is 0.298. The number of rotatable bonds is 6. The lowest BCUT2D eigenvalue weighted by atomic mass is 10.1. The second-order valence-corrected chi connectivity index (χ2v) is 7.03. The van der Waals surface area contributed by atoms with Crippen LogP contribution in [0.5, 0.6) is 11.6 Å². The Bertz CT molecular complexity index is 1180. The number of aromatic hydroxyl groups is 1. The Morgan fingerprint density at radius 2 is 1.82 bits per heavy atom. The Labute approximate surface area is 163 Å². The number of aromatic nitrogens is 1. The number of hydrogen-bond donors (Lipinski definition) is 1. The van der Waals surface area contributed by atoms with Gasteiger partial charge in [-0.2, -0.15) is 0 Å². The highest BCUT2D eigenvalue weighted by atomic mass is 16.5. The predicted octanol–water partition coefficient (Wildman–Crippen LogP) is 5.98. The van der Waals surface area contributed by atoms with Gasteiger partial charge in [0.25, 0.3) is 0 Å². The maximum Gasteiger partial charge on any atom is 0.222 e. The Hall–Kier alpha value is -3.34. The Kier molecular flexibility index (Phi) is 4.74. The van der Waals surface area contributed by atoms with Crippen LogP contribution in [-0.4, -0.2) is 16.3 Å². The molecule has 0 atom stereocenters. The second kappa shape index (κ2) is 7.35. The summed E-state index contributed by atoms with van der Waals surface area (Å²) in [4.78, 5) is 11.2. The fraction of sp³-hybridized carbons (Fsp3) is 0.217. The molecule has 5 heteroatoms. The molecular weight excluding hydrogens is 352 g/mol. The van der Waals surface area contributed by atoms with Gasteiger partial charge in [0.2, 0.25) is 5.88 Å². The van der Waals surface area contributed by atoms with Gasteiger partial charge in [-0.1, -0.05) is 42.5 Å². The number of nitrogens with zero attached hydrogens (tertiary/aromatic N) is 2. The van der Waals surface area contributed by atoms with Crippen LogP contribution in [-0.2, 0) is 6.54 Å². The molecule has 4 aromatic rings. The molecule has 0 amide bonds. The maximum absolute atomic E-state index is 11.2. The Balaban J connectivity index is 1.51. The van der Waals surface area contributed by atoms with E-state index in [1.165, 1.54) is 5.39 Å². The van der Waals surface area contributed by atoms with Gasteiger partial charge >= 0.3 is 0 Å². The number of fused-ring (bicyclic) bond motifs is 2. The van der Waals surface area contributed by atoms with Crippen molar-refractivity contribution in [1.82, 2.24) is 4.57 Å². The van der Waals surface area contributed by atoms with E-state index in [9.17, 15) is 10.0 Å². The van der Waals surface area contributed by atoms with Gasteiger partial charge in [0.1, 0.15) is 5.75 Å². The summed E-state index contributed by atoms with van der Waals surface area (Å²) >= 11 is 0. The van der Waals surface area contributed by atoms with E-state index in [2.05, 4.69) is 17.3 Å². The average molecular weight is 374 g/mol. The molecular formula is C23H22N2O3. The third-order valence-corrected chi connectivity index (χ3v) is 5.30. The number of aryl methyl sites for hydroxylation is 3. The van der Waals surface area contributed by atoms with Crippen molar-refractivity contribution in [3.63, 3.8) is 0 Å². The first-order valence-corrected chi connectivity index (χ1v) is 9.36. The van der Waals surface area contributed by atoms with Crippen molar-refractivity contribution < 1.29 is 9.84 Å². The summed E-state index contributed by atoms with van der Waals surface area (Å²) in [5, 5.41) is 16.5. The van der Waals surface area contributed by atoms with Crippen molar-refractivity contribution in [1.29, 1.82) is 0 Å².